The Balaban J connectivity index is 2.03. The standard InChI is InChI=1S/C16H16N4O/c17-12-8-11(7-6-10-4-2-1-3-5-10)14-13(9-12)15(21)20-16(18)19-14/h1-5,8-9H,6-7,17H2,(H3,18,19,20,21). The van der Waals surface area contributed by atoms with E-state index >= 15 is 0 Å². The lowest BCUT2D eigenvalue weighted by Crippen LogP contribution is -2.13. The molecule has 0 fully saturated rings. The molecule has 3 aromatic rings. The van der Waals surface area contributed by atoms with Gasteiger partial charge in [-0.2, -0.15) is 0 Å². The van der Waals surface area contributed by atoms with Crippen LogP contribution in [0.4, 0.5) is 11.6 Å². The molecule has 0 aliphatic heterocycles. The topological polar surface area (TPSA) is 97.8 Å². The summed E-state index contributed by atoms with van der Waals surface area (Å²) in [6.07, 6.45) is 1.61. The van der Waals surface area contributed by atoms with Gasteiger partial charge in [0.1, 0.15) is 0 Å². The van der Waals surface area contributed by atoms with Crippen LogP contribution in [0.3, 0.4) is 0 Å². The zero-order chi connectivity index (χ0) is 14.8. The zero-order valence-corrected chi connectivity index (χ0v) is 11.5. The molecular weight excluding hydrogens is 264 g/mol. The minimum Gasteiger partial charge on any atom is -0.399 e. The minimum atomic E-state index is -0.259. The Hall–Kier alpha value is -2.82. The molecule has 2 aromatic carbocycles. The number of aromatic nitrogens is 2. The van der Waals surface area contributed by atoms with Crippen LogP contribution in [0.25, 0.3) is 10.9 Å². The van der Waals surface area contributed by atoms with Crippen LogP contribution in [0.5, 0.6) is 0 Å². The number of fused-ring (bicyclic) bond motifs is 1. The first-order valence-corrected chi connectivity index (χ1v) is 6.75. The second-order valence-corrected chi connectivity index (χ2v) is 5.01. The van der Waals surface area contributed by atoms with Crippen molar-refractivity contribution in [2.75, 3.05) is 11.5 Å². The normalized spacial score (nSPS) is 10.9. The molecule has 1 aromatic heterocycles. The number of benzene rings is 2. The number of nitrogens with one attached hydrogen (secondary N) is 1. The monoisotopic (exact) mass is 280 g/mol. The Morgan fingerprint density at radius 3 is 2.57 bits per heavy atom. The number of aromatic amines is 1. The van der Waals surface area contributed by atoms with E-state index in [0.717, 1.165) is 18.4 Å². The van der Waals surface area contributed by atoms with Crippen LogP contribution in [-0.2, 0) is 12.8 Å². The van der Waals surface area contributed by atoms with Crippen LogP contribution >= 0.6 is 0 Å². The van der Waals surface area contributed by atoms with Crippen molar-refractivity contribution in [2.24, 2.45) is 0 Å². The second-order valence-electron chi connectivity index (χ2n) is 5.01. The van der Waals surface area contributed by atoms with Gasteiger partial charge < -0.3 is 11.5 Å². The van der Waals surface area contributed by atoms with Crippen molar-refractivity contribution in [2.45, 2.75) is 12.8 Å². The molecule has 0 saturated carbocycles. The molecule has 5 heteroatoms. The Kier molecular flexibility index (Phi) is 3.31. The molecule has 0 bridgehead atoms. The molecule has 5 N–H and O–H groups in total. The van der Waals surface area contributed by atoms with Crippen molar-refractivity contribution in [1.29, 1.82) is 0 Å². The molecule has 0 aliphatic carbocycles. The van der Waals surface area contributed by atoms with E-state index in [0.29, 0.717) is 16.6 Å². The van der Waals surface area contributed by atoms with E-state index in [1.165, 1.54) is 5.56 Å². The Morgan fingerprint density at radius 1 is 1.05 bits per heavy atom. The second kappa shape index (κ2) is 5.28. The number of aryl methyl sites for hydroxylation is 2. The minimum absolute atomic E-state index is 0.123. The van der Waals surface area contributed by atoms with Crippen LogP contribution in [0.1, 0.15) is 11.1 Å². The van der Waals surface area contributed by atoms with Crippen molar-refractivity contribution in [3.63, 3.8) is 0 Å². The van der Waals surface area contributed by atoms with Gasteiger partial charge in [-0.25, -0.2) is 4.98 Å². The fourth-order valence-corrected chi connectivity index (χ4v) is 2.47. The summed E-state index contributed by atoms with van der Waals surface area (Å²) in [7, 11) is 0. The van der Waals surface area contributed by atoms with Gasteiger partial charge in [-0.1, -0.05) is 30.3 Å². The fraction of sp³-hybridized carbons (Fsp3) is 0.125. The number of nitrogen functional groups attached to an aromatic ring is 2. The molecule has 1 heterocycles. The van der Waals surface area contributed by atoms with Gasteiger partial charge in [-0.3, -0.25) is 9.78 Å². The summed E-state index contributed by atoms with van der Waals surface area (Å²) < 4.78 is 0. The maximum absolute atomic E-state index is 11.9. The highest BCUT2D eigenvalue weighted by atomic mass is 16.1. The molecule has 0 aliphatic rings. The molecule has 0 unspecified atom stereocenters. The predicted molar refractivity (Wildman–Crippen MR) is 85.0 cm³/mol. The van der Waals surface area contributed by atoms with Crippen molar-refractivity contribution >= 4 is 22.5 Å². The van der Waals surface area contributed by atoms with E-state index in [9.17, 15) is 4.79 Å². The summed E-state index contributed by atoms with van der Waals surface area (Å²) in [6.45, 7) is 0. The largest absolute Gasteiger partial charge is 0.399 e. The molecule has 0 radical (unpaired) electrons. The van der Waals surface area contributed by atoms with Gasteiger partial charge in [-0.05, 0) is 36.1 Å². The number of nitrogens with zero attached hydrogens (tertiary/aromatic N) is 1. The van der Waals surface area contributed by atoms with Crippen molar-refractivity contribution in [1.82, 2.24) is 9.97 Å². The predicted octanol–water partition coefficient (Wildman–Crippen LogP) is 1.87. The van der Waals surface area contributed by atoms with Crippen molar-refractivity contribution in [3.05, 3.63) is 63.9 Å². The van der Waals surface area contributed by atoms with Gasteiger partial charge in [0.2, 0.25) is 5.95 Å². The Morgan fingerprint density at radius 2 is 1.81 bits per heavy atom. The molecular formula is C16H16N4O. The highest BCUT2D eigenvalue weighted by Crippen LogP contribution is 2.20. The molecule has 106 valence electrons. The highest BCUT2D eigenvalue weighted by Gasteiger charge is 2.09. The van der Waals surface area contributed by atoms with Crippen LogP contribution in [-0.4, -0.2) is 9.97 Å². The maximum Gasteiger partial charge on any atom is 0.260 e. The van der Waals surface area contributed by atoms with E-state index in [4.69, 9.17) is 11.5 Å². The smallest absolute Gasteiger partial charge is 0.260 e. The molecule has 0 atom stereocenters. The van der Waals surface area contributed by atoms with Crippen molar-refractivity contribution in [3.8, 4) is 0 Å². The van der Waals surface area contributed by atoms with Gasteiger partial charge in [0.25, 0.3) is 5.56 Å². The third kappa shape index (κ3) is 2.72. The third-order valence-corrected chi connectivity index (χ3v) is 3.46. The first-order chi connectivity index (χ1) is 10.1. The number of H-pyrrole nitrogens is 1. The number of rotatable bonds is 3. The van der Waals surface area contributed by atoms with Crippen LogP contribution in [0.2, 0.25) is 0 Å². The van der Waals surface area contributed by atoms with Gasteiger partial charge in [0.05, 0.1) is 10.9 Å². The number of hydrogen-bond acceptors (Lipinski definition) is 4. The first kappa shape index (κ1) is 13.2. The summed E-state index contributed by atoms with van der Waals surface area (Å²) in [4.78, 5) is 18.7. The average molecular weight is 280 g/mol. The van der Waals surface area contributed by atoms with E-state index in [1.807, 2.05) is 24.3 Å². The third-order valence-electron chi connectivity index (χ3n) is 3.46. The van der Waals surface area contributed by atoms with Crippen LogP contribution in [0.15, 0.2) is 47.3 Å². The van der Waals surface area contributed by atoms with Crippen LogP contribution in [0, 0.1) is 0 Å². The summed E-state index contributed by atoms with van der Waals surface area (Å²) in [5.74, 6) is 0.123. The SMILES string of the molecule is Nc1cc(CCc2ccccc2)c2nc(N)[nH]c(=O)c2c1. The van der Waals surface area contributed by atoms with Gasteiger partial charge >= 0.3 is 0 Å². The quantitative estimate of drug-likeness (QED) is 0.638. The van der Waals surface area contributed by atoms with E-state index in [1.54, 1.807) is 6.07 Å². The van der Waals surface area contributed by atoms with E-state index < -0.39 is 0 Å². The molecule has 0 amide bonds. The first-order valence-electron chi connectivity index (χ1n) is 6.75. The zero-order valence-electron chi connectivity index (χ0n) is 11.5. The Bertz CT molecular complexity index is 840. The lowest BCUT2D eigenvalue weighted by atomic mass is 10.0. The molecule has 3 rings (SSSR count). The lowest BCUT2D eigenvalue weighted by Gasteiger charge is -2.08. The van der Waals surface area contributed by atoms with Crippen LogP contribution < -0.4 is 17.0 Å². The Labute approximate surface area is 121 Å². The molecule has 21 heavy (non-hydrogen) atoms. The van der Waals surface area contributed by atoms with Gasteiger partial charge in [0.15, 0.2) is 0 Å². The average Bonchev–Trinajstić information content (AvgIpc) is 2.47. The molecule has 0 saturated heterocycles. The number of anilines is 2. The number of hydrogen-bond donors (Lipinski definition) is 3. The highest BCUT2D eigenvalue weighted by molar-refractivity contribution is 5.85. The lowest BCUT2D eigenvalue weighted by molar-refractivity contribution is 0.964. The fourth-order valence-electron chi connectivity index (χ4n) is 2.47. The summed E-state index contributed by atoms with van der Waals surface area (Å²) >= 11 is 0. The summed E-state index contributed by atoms with van der Waals surface area (Å²) in [5, 5.41) is 0.479. The van der Waals surface area contributed by atoms with E-state index in [-0.39, 0.29) is 11.5 Å². The van der Waals surface area contributed by atoms with Crippen molar-refractivity contribution < 1.29 is 0 Å². The van der Waals surface area contributed by atoms with Gasteiger partial charge in [-0.15, -0.1) is 0 Å². The summed E-state index contributed by atoms with van der Waals surface area (Å²) in [5.41, 5.74) is 14.6. The van der Waals surface area contributed by atoms with E-state index in [2.05, 4.69) is 22.1 Å². The maximum atomic E-state index is 11.9. The molecule has 0 spiro atoms. The van der Waals surface area contributed by atoms with Gasteiger partial charge in [0, 0.05) is 5.69 Å². The summed E-state index contributed by atoms with van der Waals surface area (Å²) in [6, 6.07) is 13.6. The number of nitrogens with two attached hydrogens (primary N) is 2. The molecule has 5 nitrogen and oxygen atoms in total.